The molecule has 0 saturated heterocycles. The minimum atomic E-state index is -4.48. The number of hydrogen-bond acceptors (Lipinski definition) is 2. The summed E-state index contributed by atoms with van der Waals surface area (Å²) in [6, 6.07) is 14.2. The molecule has 1 aromatic heterocycles. The van der Waals surface area contributed by atoms with E-state index >= 15 is 0 Å². The van der Waals surface area contributed by atoms with E-state index in [-0.39, 0.29) is 27.0 Å². The van der Waals surface area contributed by atoms with Crippen molar-refractivity contribution in [3.8, 4) is 11.3 Å². The number of primary amides is 1. The highest BCUT2D eigenvalue weighted by atomic mass is 35.5. The molecular weight excluding hydrogens is 412 g/mol. The number of nitrogens with two attached hydrogens (primary N) is 1. The monoisotopic (exact) mass is 424 g/mol. The van der Waals surface area contributed by atoms with Gasteiger partial charge in [-0.15, -0.1) is 0 Å². The fourth-order valence-corrected chi connectivity index (χ4v) is 3.47. The summed E-state index contributed by atoms with van der Waals surface area (Å²) in [6.07, 6.45) is -4.48. The third-order valence-corrected chi connectivity index (χ3v) is 4.78. The Hall–Kier alpha value is -2.57. The Labute approximate surface area is 168 Å². The van der Waals surface area contributed by atoms with Crippen LogP contribution in [-0.2, 0) is 11.0 Å². The van der Waals surface area contributed by atoms with Crippen LogP contribution >= 0.6 is 23.2 Å². The Morgan fingerprint density at radius 1 is 0.964 bits per heavy atom. The lowest BCUT2D eigenvalue weighted by Crippen LogP contribution is -2.24. The summed E-state index contributed by atoms with van der Waals surface area (Å²) < 4.78 is 39.0. The molecule has 3 nitrogen and oxygen atoms in total. The van der Waals surface area contributed by atoms with Gasteiger partial charge in [0.2, 0.25) is 5.91 Å². The average molecular weight is 425 g/mol. The van der Waals surface area contributed by atoms with Gasteiger partial charge in [0, 0.05) is 21.2 Å². The van der Waals surface area contributed by atoms with E-state index in [2.05, 4.69) is 4.98 Å². The quantitative estimate of drug-likeness (QED) is 0.584. The van der Waals surface area contributed by atoms with Gasteiger partial charge in [0.25, 0.3) is 0 Å². The molecule has 0 fully saturated rings. The number of rotatable bonds is 4. The Kier molecular flexibility index (Phi) is 5.63. The van der Waals surface area contributed by atoms with Crippen LogP contribution in [-0.4, -0.2) is 10.9 Å². The van der Waals surface area contributed by atoms with Crippen molar-refractivity contribution < 1.29 is 18.0 Å². The van der Waals surface area contributed by atoms with Crippen LogP contribution in [0.15, 0.2) is 60.7 Å². The van der Waals surface area contributed by atoms with Gasteiger partial charge in [0.15, 0.2) is 0 Å². The van der Waals surface area contributed by atoms with Crippen molar-refractivity contribution >= 4 is 29.1 Å². The number of amides is 1. The number of alkyl halides is 3. The Balaban J connectivity index is 2.11. The second kappa shape index (κ2) is 7.81. The van der Waals surface area contributed by atoms with Gasteiger partial charge in [-0.1, -0.05) is 47.5 Å². The van der Waals surface area contributed by atoms with Crippen molar-refractivity contribution in [2.45, 2.75) is 12.1 Å². The van der Waals surface area contributed by atoms with Crippen LogP contribution in [0.4, 0.5) is 13.2 Å². The van der Waals surface area contributed by atoms with E-state index < -0.39 is 23.6 Å². The largest absolute Gasteiger partial charge is 0.416 e. The summed E-state index contributed by atoms with van der Waals surface area (Å²) in [7, 11) is 0. The first kappa shape index (κ1) is 20.2. The molecule has 0 radical (unpaired) electrons. The van der Waals surface area contributed by atoms with Crippen molar-refractivity contribution in [1.29, 1.82) is 0 Å². The van der Waals surface area contributed by atoms with Crippen molar-refractivity contribution in [2.24, 2.45) is 5.73 Å². The third-order valence-electron chi connectivity index (χ3n) is 4.12. The van der Waals surface area contributed by atoms with Crippen LogP contribution in [0.5, 0.6) is 0 Å². The van der Waals surface area contributed by atoms with E-state index in [0.29, 0.717) is 5.56 Å². The fraction of sp³-hybridized carbons (Fsp3) is 0.100. The molecule has 2 aromatic carbocycles. The maximum Gasteiger partial charge on any atom is 0.416 e. The lowest BCUT2D eigenvalue weighted by Gasteiger charge is -2.17. The van der Waals surface area contributed by atoms with Gasteiger partial charge >= 0.3 is 6.18 Å². The standard InChI is InChI=1S/C20H13Cl2F3N2O/c21-13-6-2-7-14(22)17(13)18(19(26)28)16-9-3-8-15(27-16)11-4-1-5-12(10-11)20(23,24)25/h1-10,18H,(H2,26,28). The average Bonchev–Trinajstić information content (AvgIpc) is 2.64. The van der Waals surface area contributed by atoms with E-state index in [1.807, 2.05) is 0 Å². The summed E-state index contributed by atoms with van der Waals surface area (Å²) in [6.45, 7) is 0. The Morgan fingerprint density at radius 2 is 1.57 bits per heavy atom. The van der Waals surface area contributed by atoms with Crippen LogP contribution < -0.4 is 5.73 Å². The van der Waals surface area contributed by atoms with Gasteiger partial charge < -0.3 is 5.73 Å². The van der Waals surface area contributed by atoms with Crippen molar-refractivity contribution in [3.63, 3.8) is 0 Å². The first-order valence-corrected chi connectivity index (χ1v) is 8.82. The Morgan fingerprint density at radius 3 is 2.18 bits per heavy atom. The summed E-state index contributed by atoms with van der Waals surface area (Å²) in [4.78, 5) is 16.5. The zero-order valence-electron chi connectivity index (χ0n) is 14.2. The first-order chi connectivity index (χ1) is 13.2. The molecule has 2 N–H and O–H groups in total. The van der Waals surface area contributed by atoms with E-state index in [0.717, 1.165) is 12.1 Å². The highest BCUT2D eigenvalue weighted by molar-refractivity contribution is 6.36. The number of carbonyl (C=O) groups is 1. The van der Waals surface area contributed by atoms with Crippen LogP contribution in [0.2, 0.25) is 10.0 Å². The van der Waals surface area contributed by atoms with E-state index in [1.54, 1.807) is 36.4 Å². The number of hydrogen-bond donors (Lipinski definition) is 1. The van der Waals surface area contributed by atoms with E-state index in [9.17, 15) is 18.0 Å². The SMILES string of the molecule is NC(=O)C(c1cccc(-c2cccc(C(F)(F)F)c2)n1)c1c(Cl)cccc1Cl. The molecule has 1 amide bonds. The second-order valence-electron chi connectivity index (χ2n) is 6.00. The van der Waals surface area contributed by atoms with Gasteiger partial charge in [-0.05, 0) is 36.4 Å². The molecule has 1 unspecified atom stereocenters. The topological polar surface area (TPSA) is 56.0 Å². The molecular formula is C20H13Cl2F3N2O. The maximum absolute atomic E-state index is 13.0. The molecule has 144 valence electrons. The minimum absolute atomic E-state index is 0.234. The van der Waals surface area contributed by atoms with Crippen molar-refractivity contribution in [2.75, 3.05) is 0 Å². The predicted molar refractivity (Wildman–Crippen MR) is 102 cm³/mol. The lowest BCUT2D eigenvalue weighted by molar-refractivity contribution is -0.137. The molecule has 0 aliphatic rings. The molecule has 0 saturated carbocycles. The van der Waals surface area contributed by atoms with Gasteiger partial charge in [-0.2, -0.15) is 13.2 Å². The molecule has 3 rings (SSSR count). The van der Waals surface area contributed by atoms with Crippen molar-refractivity contribution in [1.82, 2.24) is 4.98 Å². The number of carbonyl (C=O) groups excluding carboxylic acids is 1. The number of pyridine rings is 1. The maximum atomic E-state index is 13.0. The predicted octanol–water partition coefficient (Wildman–Crippen LogP) is 5.69. The summed E-state index contributed by atoms with van der Waals surface area (Å²) in [5, 5.41) is 0.477. The molecule has 1 heterocycles. The smallest absolute Gasteiger partial charge is 0.369 e. The van der Waals surface area contributed by atoms with Crippen molar-refractivity contribution in [3.05, 3.63) is 87.5 Å². The summed E-state index contributed by atoms with van der Waals surface area (Å²) in [5.74, 6) is -1.78. The highest BCUT2D eigenvalue weighted by Crippen LogP contribution is 2.36. The molecule has 28 heavy (non-hydrogen) atoms. The molecule has 0 bridgehead atoms. The van der Waals surface area contributed by atoms with E-state index in [1.165, 1.54) is 12.1 Å². The minimum Gasteiger partial charge on any atom is -0.369 e. The Bertz CT molecular complexity index is 1020. The van der Waals surface area contributed by atoms with Gasteiger partial charge in [-0.25, -0.2) is 0 Å². The molecule has 1 atom stereocenters. The van der Waals surface area contributed by atoms with Crippen LogP contribution in [0.1, 0.15) is 22.7 Å². The normalized spacial score (nSPS) is 12.6. The number of benzene rings is 2. The number of nitrogens with zero attached hydrogens (tertiary/aromatic N) is 1. The molecule has 3 aromatic rings. The van der Waals surface area contributed by atoms with Gasteiger partial charge in [-0.3, -0.25) is 9.78 Å². The highest BCUT2D eigenvalue weighted by Gasteiger charge is 2.31. The zero-order chi connectivity index (χ0) is 20.5. The molecule has 0 aliphatic heterocycles. The fourth-order valence-electron chi connectivity index (χ4n) is 2.85. The van der Waals surface area contributed by atoms with Gasteiger partial charge in [0.05, 0.1) is 17.0 Å². The van der Waals surface area contributed by atoms with E-state index in [4.69, 9.17) is 28.9 Å². The molecule has 0 spiro atoms. The first-order valence-electron chi connectivity index (χ1n) is 8.06. The summed E-state index contributed by atoms with van der Waals surface area (Å²) >= 11 is 12.4. The van der Waals surface area contributed by atoms with Crippen LogP contribution in [0.3, 0.4) is 0 Å². The van der Waals surface area contributed by atoms with Gasteiger partial charge in [0.1, 0.15) is 5.92 Å². The third kappa shape index (κ3) is 4.13. The number of aromatic nitrogens is 1. The lowest BCUT2D eigenvalue weighted by atomic mass is 9.93. The zero-order valence-corrected chi connectivity index (χ0v) is 15.7. The second-order valence-corrected chi connectivity index (χ2v) is 6.81. The number of halogens is 5. The summed E-state index contributed by atoms with van der Waals surface area (Å²) in [5.41, 5.74) is 5.82. The van der Waals surface area contributed by atoms with Crippen LogP contribution in [0.25, 0.3) is 11.3 Å². The molecule has 0 aliphatic carbocycles. The molecule has 8 heteroatoms. The van der Waals surface area contributed by atoms with Crippen LogP contribution in [0, 0.1) is 0 Å².